The molecule has 4 rings (SSSR count). The van der Waals surface area contributed by atoms with Crippen molar-refractivity contribution in [3.05, 3.63) is 94.8 Å². The fraction of sp³-hybridized carbons (Fsp3) is 0.0870. The molecule has 0 radical (unpaired) electrons. The molecule has 29 heavy (non-hydrogen) atoms. The van der Waals surface area contributed by atoms with Crippen LogP contribution in [0.4, 0.5) is 5.69 Å². The van der Waals surface area contributed by atoms with Gasteiger partial charge in [0, 0.05) is 5.56 Å². The van der Waals surface area contributed by atoms with Crippen molar-refractivity contribution in [1.29, 1.82) is 0 Å². The quantitative estimate of drug-likeness (QED) is 0.493. The van der Waals surface area contributed by atoms with Crippen LogP contribution in [0.5, 0.6) is 0 Å². The van der Waals surface area contributed by atoms with Gasteiger partial charge >= 0.3 is 0 Å². The van der Waals surface area contributed by atoms with Gasteiger partial charge in [0.1, 0.15) is 0 Å². The molecule has 4 aromatic rings. The highest BCUT2D eigenvalue weighted by Gasteiger charge is 2.20. The SMILES string of the molecule is Cc1ccc(-c2nc(C(=O)Nc3c(C)cccc3Cl)nn2-c2ccccc2)cc1. The predicted octanol–water partition coefficient (Wildman–Crippen LogP) is 5.46. The number of benzene rings is 3. The molecule has 5 nitrogen and oxygen atoms in total. The molecule has 0 fully saturated rings. The third-order valence-electron chi connectivity index (χ3n) is 4.58. The molecule has 1 amide bonds. The van der Waals surface area contributed by atoms with Crippen LogP contribution in [-0.4, -0.2) is 20.7 Å². The number of hydrogen-bond donors (Lipinski definition) is 1. The van der Waals surface area contributed by atoms with E-state index in [4.69, 9.17) is 11.6 Å². The molecule has 0 spiro atoms. The molecule has 0 aliphatic heterocycles. The van der Waals surface area contributed by atoms with Crippen LogP contribution in [-0.2, 0) is 0 Å². The van der Waals surface area contributed by atoms with Gasteiger partial charge in [0.05, 0.1) is 16.4 Å². The average Bonchev–Trinajstić information content (AvgIpc) is 3.17. The van der Waals surface area contributed by atoms with Crippen molar-refractivity contribution in [1.82, 2.24) is 14.8 Å². The van der Waals surface area contributed by atoms with E-state index >= 15 is 0 Å². The summed E-state index contributed by atoms with van der Waals surface area (Å²) < 4.78 is 1.68. The summed E-state index contributed by atoms with van der Waals surface area (Å²) in [6.45, 7) is 3.91. The molecular formula is C23H19ClN4O. The summed E-state index contributed by atoms with van der Waals surface area (Å²) in [6, 6.07) is 23.0. The number of rotatable bonds is 4. The largest absolute Gasteiger partial charge is 0.318 e. The highest BCUT2D eigenvalue weighted by atomic mass is 35.5. The Morgan fingerprint density at radius 2 is 1.66 bits per heavy atom. The van der Waals surface area contributed by atoms with Crippen LogP contribution >= 0.6 is 11.6 Å². The molecule has 6 heteroatoms. The third-order valence-corrected chi connectivity index (χ3v) is 4.90. The van der Waals surface area contributed by atoms with Crippen LogP contribution in [0, 0.1) is 13.8 Å². The van der Waals surface area contributed by atoms with Crippen molar-refractivity contribution in [2.45, 2.75) is 13.8 Å². The Morgan fingerprint density at radius 1 is 0.931 bits per heavy atom. The predicted molar refractivity (Wildman–Crippen MR) is 116 cm³/mol. The Balaban J connectivity index is 1.77. The molecule has 0 saturated heterocycles. The first-order chi connectivity index (χ1) is 14.0. The van der Waals surface area contributed by atoms with Gasteiger partial charge in [-0.25, -0.2) is 9.67 Å². The number of halogens is 1. The third kappa shape index (κ3) is 3.91. The van der Waals surface area contributed by atoms with Crippen molar-refractivity contribution in [2.24, 2.45) is 0 Å². The molecule has 0 atom stereocenters. The number of aromatic nitrogens is 3. The van der Waals surface area contributed by atoms with E-state index in [1.165, 1.54) is 0 Å². The number of aryl methyl sites for hydroxylation is 2. The van der Waals surface area contributed by atoms with E-state index in [0.29, 0.717) is 16.5 Å². The van der Waals surface area contributed by atoms with Crippen molar-refractivity contribution < 1.29 is 4.79 Å². The van der Waals surface area contributed by atoms with Crippen LogP contribution in [0.25, 0.3) is 17.1 Å². The van der Waals surface area contributed by atoms with Crippen molar-refractivity contribution >= 4 is 23.2 Å². The molecular weight excluding hydrogens is 384 g/mol. The van der Waals surface area contributed by atoms with Crippen molar-refractivity contribution in [3.8, 4) is 17.1 Å². The minimum atomic E-state index is -0.413. The van der Waals surface area contributed by atoms with Gasteiger partial charge in [-0.05, 0) is 37.6 Å². The monoisotopic (exact) mass is 402 g/mol. The second-order valence-corrected chi connectivity index (χ2v) is 7.17. The Kier molecular flexibility index (Phi) is 5.14. The van der Waals surface area contributed by atoms with Crippen LogP contribution in [0.15, 0.2) is 72.8 Å². The maximum atomic E-state index is 12.9. The van der Waals surface area contributed by atoms with Gasteiger partial charge in [-0.3, -0.25) is 4.79 Å². The zero-order valence-electron chi connectivity index (χ0n) is 16.1. The molecule has 1 N–H and O–H groups in total. The lowest BCUT2D eigenvalue weighted by atomic mass is 10.1. The molecule has 0 aliphatic carbocycles. The zero-order chi connectivity index (χ0) is 20.4. The number of nitrogens with zero attached hydrogens (tertiary/aromatic N) is 3. The number of carbonyl (C=O) groups excluding carboxylic acids is 1. The second-order valence-electron chi connectivity index (χ2n) is 6.76. The summed E-state index contributed by atoms with van der Waals surface area (Å²) in [7, 11) is 0. The average molecular weight is 403 g/mol. The molecule has 1 heterocycles. The zero-order valence-corrected chi connectivity index (χ0v) is 16.8. The standard InChI is InChI=1S/C23H19ClN4O/c1-15-11-13-17(14-12-15)22-26-21(27-28(22)18-8-4-3-5-9-18)23(29)25-20-16(2)7-6-10-19(20)24/h3-14H,1-2H3,(H,25,29). The molecule has 144 valence electrons. The first-order valence-electron chi connectivity index (χ1n) is 9.19. The Bertz CT molecular complexity index is 1150. The second kappa shape index (κ2) is 7.89. The van der Waals surface area contributed by atoms with Gasteiger partial charge in [-0.1, -0.05) is 71.8 Å². The molecule has 0 bridgehead atoms. The highest BCUT2D eigenvalue weighted by molar-refractivity contribution is 6.34. The van der Waals surface area contributed by atoms with Crippen LogP contribution in [0.1, 0.15) is 21.7 Å². The molecule has 0 unspecified atom stereocenters. The topological polar surface area (TPSA) is 59.8 Å². The minimum Gasteiger partial charge on any atom is -0.318 e. The first-order valence-corrected chi connectivity index (χ1v) is 9.57. The van der Waals surface area contributed by atoms with Gasteiger partial charge in [-0.15, -0.1) is 5.10 Å². The minimum absolute atomic E-state index is 0.0729. The van der Waals surface area contributed by atoms with Gasteiger partial charge in [0.2, 0.25) is 5.82 Å². The van der Waals surface area contributed by atoms with Gasteiger partial charge in [0.25, 0.3) is 5.91 Å². The Morgan fingerprint density at radius 3 is 2.34 bits per heavy atom. The van der Waals surface area contributed by atoms with E-state index in [9.17, 15) is 4.79 Å². The summed E-state index contributed by atoms with van der Waals surface area (Å²) in [5.41, 5.74) is 4.27. The number of para-hydroxylation sites is 2. The van der Waals surface area contributed by atoms with E-state index in [1.807, 2.05) is 80.6 Å². The lowest BCUT2D eigenvalue weighted by molar-refractivity contribution is 0.101. The van der Waals surface area contributed by atoms with E-state index in [1.54, 1.807) is 10.7 Å². The highest BCUT2D eigenvalue weighted by Crippen LogP contribution is 2.26. The van der Waals surface area contributed by atoms with Crippen LogP contribution in [0.3, 0.4) is 0 Å². The van der Waals surface area contributed by atoms with Gasteiger partial charge < -0.3 is 5.32 Å². The molecule has 0 aliphatic rings. The summed E-state index contributed by atoms with van der Waals surface area (Å²) in [6.07, 6.45) is 0. The van der Waals surface area contributed by atoms with Crippen LogP contribution < -0.4 is 5.32 Å². The van der Waals surface area contributed by atoms with E-state index in [0.717, 1.165) is 22.4 Å². The number of amides is 1. The molecule has 1 aromatic heterocycles. The normalized spacial score (nSPS) is 10.7. The Hall–Kier alpha value is -3.44. The molecule has 0 saturated carbocycles. The van der Waals surface area contributed by atoms with Crippen LogP contribution in [0.2, 0.25) is 5.02 Å². The molecule has 3 aromatic carbocycles. The van der Waals surface area contributed by atoms with E-state index < -0.39 is 5.91 Å². The summed E-state index contributed by atoms with van der Waals surface area (Å²) in [5, 5.41) is 7.80. The first kappa shape index (κ1) is 18.9. The van der Waals surface area contributed by atoms with Crippen molar-refractivity contribution in [3.63, 3.8) is 0 Å². The fourth-order valence-electron chi connectivity index (χ4n) is 3.01. The summed E-state index contributed by atoms with van der Waals surface area (Å²) in [5.74, 6) is 0.255. The summed E-state index contributed by atoms with van der Waals surface area (Å²) in [4.78, 5) is 17.4. The van der Waals surface area contributed by atoms with Gasteiger partial charge in [0.15, 0.2) is 5.82 Å². The fourth-order valence-corrected chi connectivity index (χ4v) is 3.28. The smallest absolute Gasteiger partial charge is 0.295 e. The number of nitrogens with one attached hydrogen (secondary N) is 1. The number of carbonyl (C=O) groups is 1. The maximum Gasteiger partial charge on any atom is 0.295 e. The van der Waals surface area contributed by atoms with E-state index in [-0.39, 0.29) is 5.82 Å². The Labute approximate surface area is 174 Å². The van der Waals surface area contributed by atoms with Gasteiger partial charge in [-0.2, -0.15) is 0 Å². The van der Waals surface area contributed by atoms with E-state index in [2.05, 4.69) is 15.4 Å². The lowest BCUT2D eigenvalue weighted by Crippen LogP contribution is -2.15. The summed E-state index contributed by atoms with van der Waals surface area (Å²) >= 11 is 6.24. The number of anilines is 1. The maximum absolute atomic E-state index is 12.9. The van der Waals surface area contributed by atoms with Crippen molar-refractivity contribution in [2.75, 3.05) is 5.32 Å². The number of hydrogen-bond acceptors (Lipinski definition) is 3. The lowest BCUT2D eigenvalue weighted by Gasteiger charge is -2.08.